The van der Waals surface area contributed by atoms with E-state index in [1.54, 1.807) is 36.4 Å². The monoisotopic (exact) mass is 733 g/mol. The van der Waals surface area contributed by atoms with Crippen LogP contribution in [0.2, 0.25) is 0 Å². The van der Waals surface area contributed by atoms with Crippen LogP contribution in [0.5, 0.6) is 17.2 Å². The number of amides is 1. The highest BCUT2D eigenvalue weighted by molar-refractivity contribution is 5.99. The number of carbonyl (C=O) groups is 4. The number of nitrogens with zero attached hydrogens (tertiary/aromatic N) is 1. The molecule has 0 saturated carbocycles. The van der Waals surface area contributed by atoms with Gasteiger partial charge in [-0.2, -0.15) is 13.2 Å². The largest absolute Gasteiger partial charge is 0.497 e. The molecular formula is C41H42F3NO8. The smallest absolute Gasteiger partial charge is 0.416 e. The van der Waals surface area contributed by atoms with Gasteiger partial charge in [0.2, 0.25) is 0 Å². The van der Waals surface area contributed by atoms with Crippen LogP contribution in [-0.2, 0) is 23.9 Å². The van der Waals surface area contributed by atoms with Gasteiger partial charge in [0.05, 0.1) is 24.8 Å². The number of Topliss-reactive ketones (excluding diaryl/α,β-unsaturated/α-hetero) is 1. The predicted octanol–water partition coefficient (Wildman–Crippen LogP) is 8.82. The van der Waals surface area contributed by atoms with Crippen LogP contribution in [0.15, 0.2) is 91.0 Å². The van der Waals surface area contributed by atoms with Crippen LogP contribution in [0.3, 0.4) is 0 Å². The molecule has 0 fully saturated rings. The van der Waals surface area contributed by atoms with Crippen molar-refractivity contribution in [3.8, 4) is 17.2 Å². The van der Waals surface area contributed by atoms with E-state index in [4.69, 9.17) is 14.2 Å². The van der Waals surface area contributed by atoms with Gasteiger partial charge < -0.3 is 24.2 Å². The molecule has 0 aliphatic rings. The number of alkyl halides is 3. The molecule has 12 heteroatoms. The molecule has 9 nitrogen and oxygen atoms in total. The third-order valence-electron chi connectivity index (χ3n) is 8.42. The highest BCUT2D eigenvalue weighted by Crippen LogP contribution is 2.35. The fourth-order valence-electron chi connectivity index (χ4n) is 5.53. The van der Waals surface area contributed by atoms with E-state index in [1.165, 1.54) is 74.9 Å². The zero-order valence-electron chi connectivity index (χ0n) is 29.6. The van der Waals surface area contributed by atoms with Crippen molar-refractivity contribution >= 4 is 23.6 Å². The van der Waals surface area contributed by atoms with E-state index in [2.05, 4.69) is 6.92 Å². The van der Waals surface area contributed by atoms with Crippen molar-refractivity contribution in [1.82, 2.24) is 4.90 Å². The fourth-order valence-corrected chi connectivity index (χ4v) is 5.53. The number of carboxylic acid groups (broad SMARTS) is 1. The number of aliphatic carboxylic acids is 1. The van der Waals surface area contributed by atoms with Gasteiger partial charge in [-0.3, -0.25) is 14.4 Å². The minimum atomic E-state index is -4.62. The summed E-state index contributed by atoms with van der Waals surface area (Å²) < 4.78 is 56.8. The Balaban J connectivity index is 1.32. The Labute approximate surface area is 306 Å². The van der Waals surface area contributed by atoms with Crippen LogP contribution < -0.4 is 14.2 Å². The number of ketones is 1. The van der Waals surface area contributed by atoms with Crippen LogP contribution in [-0.4, -0.2) is 53.9 Å². The molecule has 0 bridgehead atoms. The number of hydrogen-bond donors (Lipinski definition) is 1. The topological polar surface area (TPSA) is 119 Å². The number of esters is 1. The molecule has 4 rings (SSSR count). The number of rotatable bonds is 19. The van der Waals surface area contributed by atoms with Crippen molar-refractivity contribution in [2.45, 2.75) is 64.6 Å². The molecule has 0 heterocycles. The van der Waals surface area contributed by atoms with Crippen molar-refractivity contribution in [3.05, 3.63) is 124 Å². The van der Waals surface area contributed by atoms with Crippen LogP contribution in [0.1, 0.15) is 93.2 Å². The molecule has 1 amide bonds. The number of carbonyl (C=O) groups excluding carboxylic acids is 3. The van der Waals surface area contributed by atoms with E-state index in [1.807, 2.05) is 0 Å². The molecule has 0 radical (unpaired) electrons. The van der Waals surface area contributed by atoms with E-state index in [9.17, 15) is 37.5 Å². The maximum Gasteiger partial charge on any atom is 0.416 e. The lowest BCUT2D eigenvalue weighted by molar-refractivity contribution is -0.139. The Morgan fingerprint density at radius 2 is 1.34 bits per heavy atom. The second kappa shape index (κ2) is 19.3. The molecule has 0 aromatic heterocycles. The number of aryl methyl sites for hydroxylation is 1. The summed E-state index contributed by atoms with van der Waals surface area (Å²) in [6.45, 7) is 2.08. The van der Waals surface area contributed by atoms with E-state index < -0.39 is 41.9 Å². The highest BCUT2D eigenvalue weighted by Gasteiger charge is 2.34. The Hall–Kier alpha value is -5.65. The Morgan fingerprint density at radius 3 is 1.96 bits per heavy atom. The maximum absolute atomic E-state index is 13.6. The van der Waals surface area contributed by atoms with Crippen molar-refractivity contribution in [2.75, 3.05) is 20.3 Å². The fraction of sp³-hybridized carbons (Fsp3) is 0.317. The molecule has 0 unspecified atom stereocenters. The molecule has 1 N–H and O–H groups in total. The van der Waals surface area contributed by atoms with Crippen molar-refractivity contribution in [2.24, 2.45) is 0 Å². The molecule has 53 heavy (non-hydrogen) atoms. The maximum atomic E-state index is 13.6. The molecule has 0 atom stereocenters. The van der Waals surface area contributed by atoms with E-state index >= 15 is 0 Å². The van der Waals surface area contributed by atoms with Crippen molar-refractivity contribution in [1.29, 1.82) is 0 Å². The van der Waals surface area contributed by atoms with Gasteiger partial charge in [-0.1, -0.05) is 62.9 Å². The van der Waals surface area contributed by atoms with Gasteiger partial charge in [-0.15, -0.1) is 0 Å². The number of hydrogen-bond acceptors (Lipinski definition) is 7. The number of benzene rings is 4. The van der Waals surface area contributed by atoms with Gasteiger partial charge in [0.15, 0.2) is 5.78 Å². The van der Waals surface area contributed by atoms with Gasteiger partial charge in [0.25, 0.3) is 5.91 Å². The average Bonchev–Trinajstić information content (AvgIpc) is 3.15. The number of halogens is 3. The van der Waals surface area contributed by atoms with E-state index in [0.29, 0.717) is 23.5 Å². The summed E-state index contributed by atoms with van der Waals surface area (Å²) in [6.07, 6.45) is 0.655. The minimum absolute atomic E-state index is 0.0480. The molecule has 4 aromatic carbocycles. The predicted molar refractivity (Wildman–Crippen MR) is 192 cm³/mol. The molecule has 0 aliphatic heterocycles. The first-order chi connectivity index (χ1) is 25.4. The van der Waals surface area contributed by atoms with Crippen molar-refractivity contribution in [3.63, 3.8) is 0 Å². The van der Waals surface area contributed by atoms with Gasteiger partial charge in [0, 0.05) is 24.1 Å². The normalized spacial score (nSPS) is 11.1. The second-order valence-electron chi connectivity index (χ2n) is 12.4. The molecule has 280 valence electrons. The van der Waals surface area contributed by atoms with Crippen LogP contribution in [0.4, 0.5) is 13.2 Å². The standard InChI is InChI=1S/C41H42F3NO8/c1-3-4-5-6-7-24-52-33-20-15-32(16-21-33)40(50)53-34-18-8-28(9-19-34)26-45(27-38(47)48)39(49)31-12-10-30(11-13-31)37(46)23-17-29-14-22-35(51-2)25-36(29)41(42,43)44/h8-16,18-22,25H,3-7,17,23-24,26-27H2,1-2H3,(H,47,48). The quantitative estimate of drug-likeness (QED) is 0.0440. The SMILES string of the molecule is CCCCCCCOc1ccc(C(=O)Oc2ccc(CN(CC(=O)O)C(=O)c3ccc(C(=O)CCc4ccc(OC)cc4C(F)(F)F)cc3)cc2)cc1. The third-order valence-corrected chi connectivity index (χ3v) is 8.42. The third kappa shape index (κ3) is 12.2. The summed E-state index contributed by atoms with van der Waals surface area (Å²) in [7, 11) is 1.26. The summed E-state index contributed by atoms with van der Waals surface area (Å²) in [4.78, 5) is 51.6. The molecule has 0 aliphatic carbocycles. The highest BCUT2D eigenvalue weighted by atomic mass is 19.4. The van der Waals surface area contributed by atoms with Gasteiger partial charge >= 0.3 is 18.1 Å². The average molecular weight is 734 g/mol. The molecular weight excluding hydrogens is 691 g/mol. The van der Waals surface area contributed by atoms with Crippen LogP contribution in [0, 0.1) is 0 Å². The lowest BCUT2D eigenvalue weighted by Crippen LogP contribution is -2.35. The first kappa shape index (κ1) is 40.1. The summed E-state index contributed by atoms with van der Waals surface area (Å²) in [5.41, 5.74) is 0.285. The van der Waals surface area contributed by atoms with Crippen LogP contribution >= 0.6 is 0 Å². The molecule has 0 spiro atoms. The van der Waals surface area contributed by atoms with Crippen LogP contribution in [0.25, 0.3) is 0 Å². The summed E-state index contributed by atoms with van der Waals surface area (Å²) in [6, 6.07) is 22.0. The lowest BCUT2D eigenvalue weighted by Gasteiger charge is -2.21. The Kier molecular flexibility index (Phi) is 14.6. The summed E-state index contributed by atoms with van der Waals surface area (Å²) in [5.74, 6) is -1.88. The summed E-state index contributed by atoms with van der Waals surface area (Å²) >= 11 is 0. The van der Waals surface area contributed by atoms with E-state index in [-0.39, 0.29) is 47.6 Å². The lowest BCUT2D eigenvalue weighted by atomic mass is 9.98. The Bertz CT molecular complexity index is 1840. The van der Waals surface area contributed by atoms with Gasteiger partial charge in [-0.05, 0) is 84.6 Å². The van der Waals surface area contributed by atoms with Crippen molar-refractivity contribution < 1.29 is 51.7 Å². The van der Waals surface area contributed by atoms with E-state index in [0.717, 1.165) is 23.8 Å². The molecule has 0 saturated heterocycles. The summed E-state index contributed by atoms with van der Waals surface area (Å²) in [5, 5.41) is 9.50. The second-order valence-corrected chi connectivity index (χ2v) is 12.4. The zero-order valence-corrected chi connectivity index (χ0v) is 29.6. The number of ether oxygens (including phenoxy) is 3. The number of unbranched alkanes of at least 4 members (excludes halogenated alkanes) is 4. The van der Waals surface area contributed by atoms with Gasteiger partial charge in [0.1, 0.15) is 23.8 Å². The first-order valence-corrected chi connectivity index (χ1v) is 17.3. The minimum Gasteiger partial charge on any atom is -0.497 e. The number of methoxy groups -OCH3 is 1. The Morgan fingerprint density at radius 1 is 0.736 bits per heavy atom. The zero-order chi connectivity index (χ0) is 38.4. The van der Waals surface area contributed by atoms with Gasteiger partial charge in [-0.25, -0.2) is 4.79 Å². The number of carboxylic acids is 1. The molecule has 4 aromatic rings. The first-order valence-electron chi connectivity index (χ1n) is 17.3.